The average Bonchev–Trinajstić information content (AvgIpc) is 2.38. The van der Waals surface area contributed by atoms with Crippen molar-refractivity contribution in [3.8, 4) is 11.5 Å². The van der Waals surface area contributed by atoms with E-state index in [1.54, 1.807) is 18.2 Å². The SMILES string of the molecule is Cc1cc(OCOc2ccc(C)c(Cl)c2)ccc1Cl. The first-order valence-corrected chi connectivity index (χ1v) is 6.60. The van der Waals surface area contributed by atoms with Crippen LogP contribution < -0.4 is 9.47 Å². The van der Waals surface area contributed by atoms with Gasteiger partial charge in [0.25, 0.3) is 0 Å². The molecule has 0 N–H and O–H groups in total. The fraction of sp³-hybridized carbons (Fsp3) is 0.200. The number of halogens is 2. The quantitative estimate of drug-likeness (QED) is 0.737. The summed E-state index contributed by atoms with van der Waals surface area (Å²) in [6.07, 6.45) is 0. The van der Waals surface area contributed by atoms with Gasteiger partial charge in [-0.3, -0.25) is 0 Å². The Bertz CT molecular complexity index is 531. The minimum atomic E-state index is 0.125. The third kappa shape index (κ3) is 3.79. The van der Waals surface area contributed by atoms with Crippen LogP contribution in [0.1, 0.15) is 11.1 Å². The van der Waals surface area contributed by atoms with E-state index in [9.17, 15) is 0 Å². The first-order chi connectivity index (χ1) is 9.06. The first-order valence-electron chi connectivity index (χ1n) is 5.84. The lowest BCUT2D eigenvalue weighted by Gasteiger charge is -2.10. The molecule has 100 valence electrons. The Morgan fingerprint density at radius 1 is 0.789 bits per heavy atom. The topological polar surface area (TPSA) is 18.5 Å². The molecule has 19 heavy (non-hydrogen) atoms. The zero-order valence-electron chi connectivity index (χ0n) is 10.7. The van der Waals surface area contributed by atoms with Crippen LogP contribution in [-0.4, -0.2) is 6.79 Å². The normalized spacial score (nSPS) is 10.3. The van der Waals surface area contributed by atoms with Crippen molar-refractivity contribution in [2.75, 3.05) is 6.79 Å². The molecule has 2 rings (SSSR count). The summed E-state index contributed by atoms with van der Waals surface area (Å²) in [6.45, 7) is 4.00. The van der Waals surface area contributed by atoms with Crippen LogP contribution in [-0.2, 0) is 0 Å². The van der Waals surface area contributed by atoms with Gasteiger partial charge in [-0.05, 0) is 55.3 Å². The number of benzene rings is 2. The molecule has 0 saturated heterocycles. The molecule has 0 fully saturated rings. The molecular weight excluding hydrogens is 283 g/mol. The molecule has 4 heteroatoms. The molecule has 0 saturated carbocycles. The molecule has 0 unspecified atom stereocenters. The van der Waals surface area contributed by atoms with Crippen LogP contribution in [0.4, 0.5) is 0 Å². The predicted molar refractivity (Wildman–Crippen MR) is 78.5 cm³/mol. The molecule has 0 aliphatic rings. The Labute approximate surface area is 122 Å². The second-order valence-electron chi connectivity index (χ2n) is 4.23. The van der Waals surface area contributed by atoms with Gasteiger partial charge in [-0.1, -0.05) is 29.3 Å². The standard InChI is InChI=1S/C15H14Cl2O2/c1-10-3-4-13(8-15(10)17)19-9-18-12-5-6-14(16)11(2)7-12/h3-8H,9H2,1-2H3. The summed E-state index contributed by atoms with van der Waals surface area (Å²) in [5.41, 5.74) is 1.99. The van der Waals surface area contributed by atoms with Crippen LogP contribution in [0.15, 0.2) is 36.4 Å². The maximum absolute atomic E-state index is 6.01. The van der Waals surface area contributed by atoms with Crippen molar-refractivity contribution < 1.29 is 9.47 Å². The molecule has 2 aromatic carbocycles. The summed E-state index contributed by atoms with van der Waals surface area (Å²) in [5, 5.41) is 1.40. The van der Waals surface area contributed by atoms with E-state index >= 15 is 0 Å². The van der Waals surface area contributed by atoms with Crippen molar-refractivity contribution in [1.29, 1.82) is 0 Å². The number of hydrogen-bond acceptors (Lipinski definition) is 2. The van der Waals surface area contributed by atoms with E-state index in [1.165, 1.54) is 0 Å². The Morgan fingerprint density at radius 2 is 1.42 bits per heavy atom. The molecule has 2 nitrogen and oxygen atoms in total. The van der Waals surface area contributed by atoms with E-state index in [0.717, 1.165) is 21.9 Å². The van der Waals surface area contributed by atoms with Gasteiger partial charge in [-0.15, -0.1) is 0 Å². The molecule has 0 spiro atoms. The second kappa shape index (κ2) is 6.18. The molecular formula is C15H14Cl2O2. The minimum Gasteiger partial charge on any atom is -0.457 e. The van der Waals surface area contributed by atoms with E-state index in [2.05, 4.69) is 0 Å². The van der Waals surface area contributed by atoms with Crippen LogP contribution in [0.5, 0.6) is 11.5 Å². The van der Waals surface area contributed by atoms with Crippen molar-refractivity contribution in [1.82, 2.24) is 0 Å². The van der Waals surface area contributed by atoms with E-state index in [4.69, 9.17) is 32.7 Å². The van der Waals surface area contributed by atoms with Crippen molar-refractivity contribution in [2.24, 2.45) is 0 Å². The lowest BCUT2D eigenvalue weighted by Crippen LogP contribution is -2.05. The molecule has 0 heterocycles. The summed E-state index contributed by atoms with van der Waals surface area (Å²) in [4.78, 5) is 0. The Balaban J connectivity index is 1.92. The smallest absolute Gasteiger partial charge is 0.230 e. The largest absolute Gasteiger partial charge is 0.457 e. The monoisotopic (exact) mass is 296 g/mol. The first kappa shape index (κ1) is 14.0. The van der Waals surface area contributed by atoms with Crippen LogP contribution in [0.2, 0.25) is 10.0 Å². The van der Waals surface area contributed by atoms with Gasteiger partial charge in [0.2, 0.25) is 6.79 Å². The maximum atomic E-state index is 6.01. The fourth-order valence-corrected chi connectivity index (χ4v) is 1.82. The van der Waals surface area contributed by atoms with E-state index in [-0.39, 0.29) is 6.79 Å². The number of hydrogen-bond donors (Lipinski definition) is 0. The van der Waals surface area contributed by atoms with Gasteiger partial charge in [0, 0.05) is 10.0 Å². The highest BCUT2D eigenvalue weighted by molar-refractivity contribution is 6.31. The molecule has 0 amide bonds. The fourth-order valence-electron chi connectivity index (χ4n) is 1.54. The second-order valence-corrected chi connectivity index (χ2v) is 5.04. The maximum Gasteiger partial charge on any atom is 0.230 e. The van der Waals surface area contributed by atoms with E-state index in [0.29, 0.717) is 10.8 Å². The lowest BCUT2D eigenvalue weighted by atomic mass is 10.2. The highest BCUT2D eigenvalue weighted by Crippen LogP contribution is 2.23. The molecule has 0 aliphatic carbocycles. The van der Waals surface area contributed by atoms with Gasteiger partial charge in [0.15, 0.2) is 0 Å². The highest BCUT2D eigenvalue weighted by Gasteiger charge is 2.01. The third-order valence-electron chi connectivity index (χ3n) is 2.72. The van der Waals surface area contributed by atoms with Crippen molar-refractivity contribution in [3.63, 3.8) is 0 Å². The van der Waals surface area contributed by atoms with Gasteiger partial charge in [0.05, 0.1) is 0 Å². The van der Waals surface area contributed by atoms with Gasteiger partial charge >= 0.3 is 0 Å². The lowest BCUT2D eigenvalue weighted by molar-refractivity contribution is 0.120. The zero-order valence-corrected chi connectivity index (χ0v) is 12.3. The summed E-state index contributed by atoms with van der Waals surface area (Å²) in [7, 11) is 0. The van der Waals surface area contributed by atoms with Crippen molar-refractivity contribution in [3.05, 3.63) is 57.6 Å². The molecule has 0 atom stereocenters. The van der Waals surface area contributed by atoms with Crippen molar-refractivity contribution in [2.45, 2.75) is 13.8 Å². The van der Waals surface area contributed by atoms with Crippen LogP contribution in [0, 0.1) is 13.8 Å². The van der Waals surface area contributed by atoms with Crippen molar-refractivity contribution >= 4 is 23.2 Å². The summed E-state index contributed by atoms with van der Waals surface area (Å²) in [5.74, 6) is 1.40. The van der Waals surface area contributed by atoms with Gasteiger partial charge < -0.3 is 9.47 Å². The Hall–Kier alpha value is -1.38. The molecule has 0 aromatic heterocycles. The summed E-state index contributed by atoms with van der Waals surface area (Å²) < 4.78 is 11.0. The molecule has 0 bridgehead atoms. The summed E-state index contributed by atoms with van der Waals surface area (Å²) in [6, 6.07) is 11.0. The van der Waals surface area contributed by atoms with Gasteiger partial charge in [-0.25, -0.2) is 0 Å². The summed E-state index contributed by atoms with van der Waals surface area (Å²) >= 11 is 12.0. The van der Waals surface area contributed by atoms with Crippen LogP contribution >= 0.6 is 23.2 Å². The minimum absolute atomic E-state index is 0.125. The predicted octanol–water partition coefficient (Wildman–Crippen LogP) is 5.03. The Kier molecular flexibility index (Phi) is 4.56. The zero-order chi connectivity index (χ0) is 13.8. The Morgan fingerprint density at radius 3 is 2.05 bits per heavy atom. The molecule has 0 radical (unpaired) electrons. The van der Waals surface area contributed by atoms with E-state index < -0.39 is 0 Å². The number of rotatable bonds is 4. The molecule has 0 aliphatic heterocycles. The van der Waals surface area contributed by atoms with Crippen LogP contribution in [0.25, 0.3) is 0 Å². The molecule has 2 aromatic rings. The number of ether oxygens (including phenoxy) is 2. The van der Waals surface area contributed by atoms with Gasteiger partial charge in [-0.2, -0.15) is 0 Å². The average molecular weight is 297 g/mol. The van der Waals surface area contributed by atoms with E-state index in [1.807, 2.05) is 32.0 Å². The third-order valence-corrected chi connectivity index (χ3v) is 3.56. The highest BCUT2D eigenvalue weighted by atomic mass is 35.5. The number of aryl methyl sites for hydroxylation is 2. The van der Waals surface area contributed by atoms with Crippen LogP contribution in [0.3, 0.4) is 0 Å². The van der Waals surface area contributed by atoms with Gasteiger partial charge in [0.1, 0.15) is 11.5 Å².